The lowest BCUT2D eigenvalue weighted by Crippen LogP contribution is -2.27. The molecule has 1 amide bonds. The number of ether oxygens (including phenoxy) is 1. The van der Waals surface area contributed by atoms with Crippen LogP contribution in [0.2, 0.25) is 0 Å². The number of benzene rings is 2. The molecule has 0 bridgehead atoms. The highest BCUT2D eigenvalue weighted by atomic mass is 16.5. The third-order valence-corrected chi connectivity index (χ3v) is 3.90. The number of nitrogens with zero attached hydrogens (tertiary/aromatic N) is 2. The van der Waals surface area contributed by atoms with Gasteiger partial charge in [0.1, 0.15) is 11.8 Å². The van der Waals surface area contributed by atoms with Crippen LogP contribution >= 0.6 is 0 Å². The molecule has 6 heteroatoms. The largest absolute Gasteiger partial charge is 0.497 e. The quantitative estimate of drug-likeness (QED) is 0.770. The summed E-state index contributed by atoms with van der Waals surface area (Å²) in [5.41, 5.74) is 2.36. The standard InChI is InChI=1S/C19H19N3O3/c1-12-6-4-5-7-16(12)18(23)20-13(2)19-21-17(22-25-19)14-8-10-15(24-3)11-9-14/h4-11,13H,1-3H3,(H,20,23). The van der Waals surface area contributed by atoms with E-state index >= 15 is 0 Å². The highest BCUT2D eigenvalue weighted by molar-refractivity contribution is 5.95. The highest BCUT2D eigenvalue weighted by Crippen LogP contribution is 2.21. The molecule has 0 saturated carbocycles. The number of aryl methyl sites for hydroxylation is 1. The Morgan fingerprint density at radius 3 is 2.56 bits per heavy atom. The summed E-state index contributed by atoms with van der Waals surface area (Å²) in [6, 6.07) is 14.4. The summed E-state index contributed by atoms with van der Waals surface area (Å²) >= 11 is 0. The summed E-state index contributed by atoms with van der Waals surface area (Å²) in [4.78, 5) is 16.8. The van der Waals surface area contributed by atoms with Gasteiger partial charge in [-0.1, -0.05) is 23.4 Å². The maximum absolute atomic E-state index is 12.4. The van der Waals surface area contributed by atoms with E-state index in [-0.39, 0.29) is 5.91 Å². The number of hydrogen-bond donors (Lipinski definition) is 1. The third-order valence-electron chi connectivity index (χ3n) is 3.90. The second-order valence-electron chi connectivity index (χ2n) is 5.69. The molecule has 2 aromatic carbocycles. The number of carbonyl (C=O) groups excluding carboxylic acids is 1. The second kappa shape index (κ2) is 7.17. The number of nitrogens with one attached hydrogen (secondary N) is 1. The van der Waals surface area contributed by atoms with Crippen molar-refractivity contribution in [2.75, 3.05) is 7.11 Å². The normalized spacial score (nSPS) is 11.8. The molecule has 0 spiro atoms. The zero-order chi connectivity index (χ0) is 17.8. The molecule has 0 aliphatic heterocycles. The fourth-order valence-electron chi connectivity index (χ4n) is 2.43. The highest BCUT2D eigenvalue weighted by Gasteiger charge is 2.19. The minimum atomic E-state index is -0.397. The van der Waals surface area contributed by atoms with Crippen LogP contribution in [0.15, 0.2) is 53.1 Å². The molecule has 1 heterocycles. The van der Waals surface area contributed by atoms with Gasteiger partial charge in [-0.25, -0.2) is 0 Å². The summed E-state index contributed by atoms with van der Waals surface area (Å²) in [5.74, 6) is 1.41. The van der Waals surface area contributed by atoms with E-state index in [4.69, 9.17) is 9.26 Å². The smallest absolute Gasteiger partial charge is 0.252 e. The average molecular weight is 337 g/mol. The molecule has 1 atom stereocenters. The molecule has 0 aliphatic rings. The van der Waals surface area contributed by atoms with Crippen molar-refractivity contribution in [3.8, 4) is 17.1 Å². The zero-order valence-corrected chi connectivity index (χ0v) is 14.3. The SMILES string of the molecule is COc1ccc(-c2noc(C(C)NC(=O)c3ccccc3C)n2)cc1. The minimum absolute atomic E-state index is 0.171. The van der Waals surface area contributed by atoms with Gasteiger partial charge in [0.2, 0.25) is 11.7 Å². The van der Waals surface area contributed by atoms with E-state index < -0.39 is 6.04 Å². The van der Waals surface area contributed by atoms with E-state index in [0.29, 0.717) is 17.3 Å². The maximum Gasteiger partial charge on any atom is 0.252 e. The van der Waals surface area contributed by atoms with Crippen molar-refractivity contribution < 1.29 is 14.1 Å². The Hall–Kier alpha value is -3.15. The van der Waals surface area contributed by atoms with Gasteiger partial charge in [-0.05, 0) is 49.7 Å². The first-order chi connectivity index (χ1) is 12.1. The molecule has 1 unspecified atom stereocenters. The van der Waals surface area contributed by atoms with E-state index in [1.54, 1.807) is 13.2 Å². The van der Waals surface area contributed by atoms with Gasteiger partial charge in [-0.3, -0.25) is 4.79 Å². The van der Waals surface area contributed by atoms with Crippen LogP contribution in [-0.2, 0) is 0 Å². The fourth-order valence-corrected chi connectivity index (χ4v) is 2.43. The summed E-state index contributed by atoms with van der Waals surface area (Å²) in [7, 11) is 1.61. The first-order valence-corrected chi connectivity index (χ1v) is 7.93. The van der Waals surface area contributed by atoms with E-state index in [2.05, 4.69) is 15.5 Å². The van der Waals surface area contributed by atoms with Crippen LogP contribution in [0.4, 0.5) is 0 Å². The number of methoxy groups -OCH3 is 1. The predicted octanol–water partition coefficient (Wildman–Crippen LogP) is 3.54. The van der Waals surface area contributed by atoms with Crippen LogP contribution in [0.25, 0.3) is 11.4 Å². The molecule has 6 nitrogen and oxygen atoms in total. The first kappa shape index (κ1) is 16.7. The molecule has 128 valence electrons. The molecule has 1 N–H and O–H groups in total. The van der Waals surface area contributed by atoms with E-state index in [1.807, 2.05) is 56.3 Å². The number of hydrogen-bond acceptors (Lipinski definition) is 5. The van der Waals surface area contributed by atoms with Crippen molar-refractivity contribution in [3.63, 3.8) is 0 Å². The van der Waals surface area contributed by atoms with Gasteiger partial charge in [0.15, 0.2) is 0 Å². The molecule has 1 aromatic heterocycles. The lowest BCUT2D eigenvalue weighted by molar-refractivity contribution is 0.0932. The number of carbonyl (C=O) groups is 1. The Labute approximate surface area is 145 Å². The van der Waals surface area contributed by atoms with Gasteiger partial charge in [0.25, 0.3) is 5.91 Å². The van der Waals surface area contributed by atoms with Crippen molar-refractivity contribution in [2.24, 2.45) is 0 Å². The molecule has 0 saturated heterocycles. The summed E-state index contributed by atoms with van der Waals surface area (Å²) in [6.45, 7) is 3.70. The Morgan fingerprint density at radius 1 is 1.16 bits per heavy atom. The molecule has 3 rings (SSSR count). The van der Waals surface area contributed by atoms with Gasteiger partial charge >= 0.3 is 0 Å². The van der Waals surface area contributed by atoms with Crippen molar-refractivity contribution in [1.82, 2.24) is 15.5 Å². The van der Waals surface area contributed by atoms with Crippen molar-refractivity contribution in [3.05, 3.63) is 65.5 Å². The van der Waals surface area contributed by atoms with Crippen LogP contribution in [0, 0.1) is 6.92 Å². The number of aromatic nitrogens is 2. The monoisotopic (exact) mass is 337 g/mol. The molecular formula is C19H19N3O3. The van der Waals surface area contributed by atoms with Crippen LogP contribution in [0.5, 0.6) is 5.75 Å². The Morgan fingerprint density at radius 2 is 1.88 bits per heavy atom. The van der Waals surface area contributed by atoms with Gasteiger partial charge in [-0.15, -0.1) is 0 Å². The summed E-state index contributed by atoms with van der Waals surface area (Å²) < 4.78 is 10.4. The fraction of sp³-hybridized carbons (Fsp3) is 0.211. The topological polar surface area (TPSA) is 77.3 Å². The van der Waals surface area contributed by atoms with Crippen LogP contribution < -0.4 is 10.1 Å². The summed E-state index contributed by atoms with van der Waals surface area (Å²) in [6.07, 6.45) is 0. The third kappa shape index (κ3) is 3.68. The Bertz CT molecular complexity index is 872. The minimum Gasteiger partial charge on any atom is -0.497 e. The van der Waals surface area contributed by atoms with Gasteiger partial charge in [0, 0.05) is 11.1 Å². The molecule has 3 aromatic rings. The van der Waals surface area contributed by atoms with Crippen LogP contribution in [0.1, 0.15) is 34.8 Å². The second-order valence-corrected chi connectivity index (χ2v) is 5.69. The van der Waals surface area contributed by atoms with E-state index in [0.717, 1.165) is 16.9 Å². The number of amides is 1. The average Bonchev–Trinajstić information content (AvgIpc) is 3.12. The van der Waals surface area contributed by atoms with E-state index in [9.17, 15) is 4.79 Å². The van der Waals surface area contributed by atoms with Crippen LogP contribution in [-0.4, -0.2) is 23.2 Å². The Balaban J connectivity index is 1.73. The van der Waals surface area contributed by atoms with Crippen molar-refractivity contribution >= 4 is 5.91 Å². The van der Waals surface area contributed by atoms with Crippen molar-refractivity contribution in [1.29, 1.82) is 0 Å². The maximum atomic E-state index is 12.4. The summed E-state index contributed by atoms with van der Waals surface area (Å²) in [5, 5.41) is 6.86. The van der Waals surface area contributed by atoms with E-state index in [1.165, 1.54) is 0 Å². The van der Waals surface area contributed by atoms with Gasteiger partial charge in [0.05, 0.1) is 7.11 Å². The lowest BCUT2D eigenvalue weighted by atomic mass is 10.1. The van der Waals surface area contributed by atoms with Crippen molar-refractivity contribution in [2.45, 2.75) is 19.9 Å². The lowest BCUT2D eigenvalue weighted by Gasteiger charge is -2.11. The van der Waals surface area contributed by atoms with Gasteiger partial charge in [-0.2, -0.15) is 4.98 Å². The zero-order valence-electron chi connectivity index (χ0n) is 14.3. The molecule has 0 fully saturated rings. The van der Waals surface area contributed by atoms with Gasteiger partial charge < -0.3 is 14.6 Å². The number of rotatable bonds is 5. The molecule has 0 aliphatic carbocycles. The predicted molar refractivity (Wildman–Crippen MR) is 93.3 cm³/mol. The molecular weight excluding hydrogens is 318 g/mol. The molecule has 0 radical (unpaired) electrons. The Kier molecular flexibility index (Phi) is 4.79. The van der Waals surface area contributed by atoms with Crippen LogP contribution in [0.3, 0.4) is 0 Å². The molecule has 25 heavy (non-hydrogen) atoms. The first-order valence-electron chi connectivity index (χ1n) is 7.93.